The Morgan fingerprint density at radius 2 is 1.68 bits per heavy atom. The first kappa shape index (κ1) is 10.6. The smallest absolute Gasteiger partial charge is 0.0650 e. The van der Waals surface area contributed by atoms with Crippen LogP contribution in [0.25, 0.3) is 16.8 Å². The lowest BCUT2D eigenvalue weighted by atomic mass is 9.86. The summed E-state index contributed by atoms with van der Waals surface area (Å²) in [5.41, 5.74) is 2.72. The normalized spacial score (nSPS) is 16.9. The van der Waals surface area contributed by atoms with Crippen LogP contribution in [0.2, 0.25) is 0 Å². The molecule has 1 heterocycles. The molecule has 1 aliphatic carbocycles. The molecule has 1 aromatic heterocycles. The molecule has 1 aliphatic rings. The van der Waals surface area contributed by atoms with Crippen LogP contribution in [0, 0.1) is 6.54 Å². The van der Waals surface area contributed by atoms with Crippen LogP contribution in [0.3, 0.4) is 0 Å². The molecule has 0 saturated heterocycles. The first-order valence-electron chi connectivity index (χ1n) is 6.59. The van der Waals surface area contributed by atoms with Gasteiger partial charge in [0.15, 0.2) is 0 Å². The van der Waals surface area contributed by atoms with Gasteiger partial charge >= 0.3 is 0 Å². The Labute approximate surface area is 112 Å². The second kappa shape index (κ2) is 4.13. The molecule has 4 rings (SSSR count). The Morgan fingerprint density at radius 3 is 2.53 bits per heavy atom. The van der Waals surface area contributed by atoms with Gasteiger partial charge in [0.05, 0.1) is 6.54 Å². The molecule has 19 heavy (non-hydrogen) atoms. The Balaban J connectivity index is 1.86. The molecule has 0 fully saturated rings. The highest BCUT2D eigenvalue weighted by Gasteiger charge is 2.17. The molecule has 1 radical (unpaired) electrons. The van der Waals surface area contributed by atoms with Crippen molar-refractivity contribution in [1.29, 1.82) is 0 Å². The van der Waals surface area contributed by atoms with E-state index in [-0.39, 0.29) is 0 Å². The van der Waals surface area contributed by atoms with E-state index < -0.39 is 0 Å². The van der Waals surface area contributed by atoms with Crippen LogP contribution in [0.15, 0.2) is 67.0 Å². The Kier molecular flexibility index (Phi) is 2.31. The number of aromatic nitrogens is 1. The van der Waals surface area contributed by atoms with E-state index >= 15 is 0 Å². The standard InChI is InChI=1S/C18H14N/c1-2-12-19(11-1)13-16-10-9-15-6-3-5-14-7-4-8-17(16)18(14)15/h1-13,16H. The van der Waals surface area contributed by atoms with E-state index in [1.807, 2.05) is 0 Å². The van der Waals surface area contributed by atoms with Crippen molar-refractivity contribution in [2.75, 3.05) is 0 Å². The monoisotopic (exact) mass is 244 g/mol. The number of benzene rings is 2. The summed E-state index contributed by atoms with van der Waals surface area (Å²) in [6, 6.07) is 17.2. The Morgan fingerprint density at radius 1 is 0.895 bits per heavy atom. The van der Waals surface area contributed by atoms with Crippen LogP contribution < -0.4 is 0 Å². The third-order valence-corrected chi connectivity index (χ3v) is 3.77. The number of hydrogen-bond donors (Lipinski definition) is 0. The van der Waals surface area contributed by atoms with Crippen LogP contribution >= 0.6 is 0 Å². The van der Waals surface area contributed by atoms with Crippen molar-refractivity contribution in [3.8, 4) is 0 Å². The van der Waals surface area contributed by atoms with E-state index in [1.54, 1.807) is 0 Å². The Hall–Kier alpha value is -2.28. The molecule has 0 aliphatic heterocycles. The summed E-state index contributed by atoms with van der Waals surface area (Å²) in [6.07, 6.45) is 8.67. The number of nitrogens with zero attached hydrogens (tertiary/aromatic N) is 1. The average molecular weight is 244 g/mol. The highest BCUT2D eigenvalue weighted by molar-refractivity contribution is 5.95. The minimum Gasteiger partial charge on any atom is -0.348 e. The van der Waals surface area contributed by atoms with Crippen LogP contribution in [0.5, 0.6) is 0 Å². The lowest BCUT2D eigenvalue weighted by molar-refractivity contribution is 0.836. The van der Waals surface area contributed by atoms with Crippen molar-refractivity contribution in [2.24, 2.45) is 0 Å². The Bertz CT molecular complexity index is 745. The molecule has 91 valence electrons. The quantitative estimate of drug-likeness (QED) is 0.627. The summed E-state index contributed by atoms with van der Waals surface area (Å²) in [5, 5.41) is 2.71. The van der Waals surface area contributed by atoms with Gasteiger partial charge in [-0.15, -0.1) is 0 Å². The van der Waals surface area contributed by atoms with Crippen molar-refractivity contribution in [3.63, 3.8) is 0 Å². The van der Waals surface area contributed by atoms with Crippen molar-refractivity contribution >= 4 is 16.8 Å². The molecular weight excluding hydrogens is 230 g/mol. The molecular formula is C18H14N. The SMILES string of the molecule is [CH](C1C=Cc2cccc3cccc1c23)n1cccc1. The van der Waals surface area contributed by atoms with E-state index in [2.05, 4.69) is 84.2 Å². The van der Waals surface area contributed by atoms with Gasteiger partial charge in [0, 0.05) is 18.3 Å². The van der Waals surface area contributed by atoms with Gasteiger partial charge in [-0.05, 0) is 34.0 Å². The summed E-state index contributed by atoms with van der Waals surface area (Å²) < 4.78 is 2.13. The highest BCUT2D eigenvalue weighted by atomic mass is 14.9. The molecule has 0 spiro atoms. The molecule has 1 unspecified atom stereocenters. The predicted octanol–water partition coefficient (Wildman–Crippen LogP) is 4.46. The van der Waals surface area contributed by atoms with Gasteiger partial charge in [-0.1, -0.05) is 48.6 Å². The van der Waals surface area contributed by atoms with Crippen molar-refractivity contribution in [3.05, 3.63) is 84.7 Å². The second-order valence-electron chi connectivity index (χ2n) is 4.96. The van der Waals surface area contributed by atoms with Gasteiger partial charge in [0.1, 0.15) is 0 Å². The van der Waals surface area contributed by atoms with E-state index in [9.17, 15) is 0 Å². The summed E-state index contributed by atoms with van der Waals surface area (Å²) in [5.74, 6) is 0.339. The third-order valence-electron chi connectivity index (χ3n) is 3.77. The van der Waals surface area contributed by atoms with E-state index in [4.69, 9.17) is 0 Å². The molecule has 1 heteroatoms. The molecule has 2 aromatic carbocycles. The van der Waals surface area contributed by atoms with Gasteiger partial charge in [-0.25, -0.2) is 0 Å². The molecule has 0 N–H and O–H groups in total. The van der Waals surface area contributed by atoms with E-state index in [1.165, 1.54) is 21.9 Å². The van der Waals surface area contributed by atoms with Crippen LogP contribution in [0.4, 0.5) is 0 Å². The fourth-order valence-corrected chi connectivity index (χ4v) is 2.89. The van der Waals surface area contributed by atoms with Gasteiger partial charge in [-0.2, -0.15) is 0 Å². The maximum absolute atomic E-state index is 2.27. The second-order valence-corrected chi connectivity index (χ2v) is 4.96. The zero-order chi connectivity index (χ0) is 12.7. The maximum atomic E-state index is 2.27. The summed E-state index contributed by atoms with van der Waals surface area (Å²) in [6.45, 7) is 2.25. The summed E-state index contributed by atoms with van der Waals surface area (Å²) in [7, 11) is 0. The molecule has 3 aromatic rings. The fourth-order valence-electron chi connectivity index (χ4n) is 2.89. The minimum atomic E-state index is 0.339. The molecule has 1 nitrogen and oxygen atoms in total. The maximum Gasteiger partial charge on any atom is 0.0650 e. The van der Waals surface area contributed by atoms with Crippen LogP contribution in [-0.4, -0.2) is 4.57 Å². The topological polar surface area (TPSA) is 4.93 Å². The van der Waals surface area contributed by atoms with Crippen molar-refractivity contribution in [1.82, 2.24) is 4.57 Å². The van der Waals surface area contributed by atoms with Gasteiger partial charge in [0.2, 0.25) is 0 Å². The number of rotatable bonds is 2. The average Bonchev–Trinajstić information content (AvgIpc) is 2.95. The third kappa shape index (κ3) is 1.70. The molecule has 0 bridgehead atoms. The largest absolute Gasteiger partial charge is 0.348 e. The van der Waals surface area contributed by atoms with Gasteiger partial charge in [-0.3, -0.25) is 0 Å². The van der Waals surface area contributed by atoms with E-state index in [0.717, 1.165) is 0 Å². The number of hydrogen-bond acceptors (Lipinski definition) is 0. The zero-order valence-corrected chi connectivity index (χ0v) is 10.5. The number of allylic oxidation sites excluding steroid dienone is 1. The summed E-state index contributed by atoms with van der Waals surface area (Å²) in [4.78, 5) is 0. The van der Waals surface area contributed by atoms with Gasteiger partial charge in [0.25, 0.3) is 0 Å². The highest BCUT2D eigenvalue weighted by Crippen LogP contribution is 2.36. The zero-order valence-electron chi connectivity index (χ0n) is 10.5. The van der Waals surface area contributed by atoms with Crippen LogP contribution in [0.1, 0.15) is 17.0 Å². The first-order valence-corrected chi connectivity index (χ1v) is 6.59. The predicted molar refractivity (Wildman–Crippen MR) is 79.9 cm³/mol. The van der Waals surface area contributed by atoms with Gasteiger partial charge < -0.3 is 4.57 Å². The lowest BCUT2D eigenvalue weighted by Gasteiger charge is -2.21. The van der Waals surface area contributed by atoms with Crippen molar-refractivity contribution in [2.45, 2.75) is 5.92 Å². The van der Waals surface area contributed by atoms with Crippen LogP contribution in [-0.2, 0) is 0 Å². The van der Waals surface area contributed by atoms with Crippen molar-refractivity contribution < 1.29 is 0 Å². The summed E-state index contributed by atoms with van der Waals surface area (Å²) >= 11 is 0. The first-order chi connectivity index (χ1) is 9.42. The molecule has 1 atom stereocenters. The molecule has 0 amide bonds. The minimum absolute atomic E-state index is 0.339. The lowest BCUT2D eigenvalue weighted by Crippen LogP contribution is -2.06. The molecule has 0 saturated carbocycles. The van der Waals surface area contributed by atoms with E-state index in [0.29, 0.717) is 5.92 Å². The fraction of sp³-hybridized carbons (Fsp3) is 0.0556.